The maximum Gasteiger partial charge on any atom is 0.312 e. The van der Waals surface area contributed by atoms with Gasteiger partial charge in [0, 0.05) is 31.1 Å². The van der Waals surface area contributed by atoms with Crippen LogP contribution in [0.2, 0.25) is 0 Å². The van der Waals surface area contributed by atoms with E-state index in [1.807, 2.05) is 83.1 Å². The van der Waals surface area contributed by atoms with Crippen LogP contribution in [0.15, 0.2) is 0 Å². The lowest BCUT2D eigenvalue weighted by molar-refractivity contribution is -0.147. The van der Waals surface area contributed by atoms with Gasteiger partial charge in [-0.1, -0.05) is 83.1 Å². The molecular weight excluding hydrogens is 833 g/mol. The van der Waals surface area contributed by atoms with Crippen molar-refractivity contribution < 1.29 is 61.9 Å². The van der Waals surface area contributed by atoms with Crippen LogP contribution in [0.1, 0.15) is 199 Å². The highest BCUT2D eigenvalue weighted by Gasteiger charge is 2.58. The first-order valence-corrected chi connectivity index (χ1v) is 26.5. The second-order valence-electron chi connectivity index (χ2n) is 17.2. The summed E-state index contributed by atoms with van der Waals surface area (Å²) in [6.45, 7) is 25.3. The molecule has 8 heterocycles. The fourth-order valence-electron chi connectivity index (χ4n) is 11.1. The Hall–Kier alpha value is -3.22. The molecule has 0 radical (unpaired) electrons. The minimum atomic E-state index is -0.0463. The summed E-state index contributed by atoms with van der Waals surface area (Å²) in [5.74, 6) is 3.95. The third kappa shape index (κ3) is 15.9. The SMILES string of the molecule is CC.CC.CC.CC.CC.CC.O=C1CCCCO1.O=C1CCCO1.O=C1OC2CC3CC1C2C3.O=C1OC2CC3CC1C2O3.O=C1OC2CC3CCC2C1C3.O=C1OC2CCCC1C2. The Bertz CT molecular complexity index is 1370. The van der Waals surface area contributed by atoms with Crippen LogP contribution in [0.25, 0.3) is 0 Å². The van der Waals surface area contributed by atoms with Crippen molar-refractivity contribution in [3.63, 3.8) is 0 Å². The molecule has 13 nitrogen and oxygen atoms in total. The smallest absolute Gasteiger partial charge is 0.312 e. The molecule has 14 atom stereocenters. The number of rotatable bonds is 0. The van der Waals surface area contributed by atoms with Gasteiger partial charge in [-0.2, -0.15) is 0 Å². The highest BCUT2D eigenvalue weighted by Crippen LogP contribution is 2.54. The fourth-order valence-corrected chi connectivity index (χ4v) is 11.1. The number of fused-ring (bicyclic) bond motifs is 5. The summed E-state index contributed by atoms with van der Waals surface area (Å²) in [7, 11) is 0. The molecule has 376 valence electrons. The molecule has 0 N–H and O–H groups in total. The minimum Gasteiger partial charge on any atom is -0.466 e. The van der Waals surface area contributed by atoms with Gasteiger partial charge in [0.1, 0.15) is 30.5 Å². The number of esters is 6. The molecule has 6 saturated carbocycles. The van der Waals surface area contributed by atoms with Gasteiger partial charge in [0.05, 0.1) is 43.0 Å². The molecule has 0 amide bonds. The molecule has 0 spiro atoms. The zero-order valence-corrected chi connectivity index (χ0v) is 42.5. The molecule has 14 aliphatic rings. The van der Waals surface area contributed by atoms with Crippen LogP contribution in [0.4, 0.5) is 0 Å². The van der Waals surface area contributed by atoms with Crippen molar-refractivity contribution in [1.82, 2.24) is 0 Å². The van der Waals surface area contributed by atoms with Crippen molar-refractivity contribution in [1.29, 1.82) is 0 Å². The quantitative estimate of drug-likeness (QED) is 0.166. The van der Waals surface area contributed by atoms with Crippen molar-refractivity contribution in [3.8, 4) is 0 Å². The summed E-state index contributed by atoms with van der Waals surface area (Å²) >= 11 is 0. The van der Waals surface area contributed by atoms with Crippen LogP contribution < -0.4 is 0 Å². The number of hydrogen-bond acceptors (Lipinski definition) is 13. The third-order valence-corrected chi connectivity index (χ3v) is 13.7. The average molecular weight is 923 g/mol. The van der Waals surface area contributed by atoms with Gasteiger partial charge in [-0.25, -0.2) is 0 Å². The zero-order valence-electron chi connectivity index (χ0n) is 42.5. The van der Waals surface area contributed by atoms with Gasteiger partial charge in [0.25, 0.3) is 0 Å². The number of hydrogen-bond donors (Lipinski definition) is 0. The first-order valence-electron chi connectivity index (χ1n) is 26.5. The highest BCUT2D eigenvalue weighted by molar-refractivity contribution is 5.77. The van der Waals surface area contributed by atoms with Crippen molar-refractivity contribution in [2.24, 2.45) is 47.3 Å². The Morgan fingerprint density at radius 2 is 0.923 bits per heavy atom. The first kappa shape index (κ1) is 57.9. The van der Waals surface area contributed by atoms with Crippen molar-refractivity contribution in [2.75, 3.05) is 13.2 Å². The first-order chi connectivity index (χ1) is 31.7. The van der Waals surface area contributed by atoms with E-state index < -0.39 is 0 Å². The molecule has 65 heavy (non-hydrogen) atoms. The van der Waals surface area contributed by atoms with Crippen LogP contribution >= 0.6 is 0 Å². The van der Waals surface area contributed by atoms with Gasteiger partial charge >= 0.3 is 35.8 Å². The van der Waals surface area contributed by atoms with E-state index in [2.05, 4.69) is 9.47 Å². The van der Waals surface area contributed by atoms with Gasteiger partial charge in [-0.3, -0.25) is 28.8 Å². The predicted molar refractivity (Wildman–Crippen MR) is 249 cm³/mol. The Balaban J connectivity index is 0.000000258. The molecule has 14 rings (SSSR count). The van der Waals surface area contributed by atoms with Crippen LogP contribution in [0, 0.1) is 47.3 Å². The minimum absolute atomic E-state index is 0.0324. The number of carbonyl (C=O) groups is 6. The predicted octanol–water partition coefficient (Wildman–Crippen LogP) is 10.7. The van der Waals surface area contributed by atoms with E-state index in [1.165, 1.54) is 25.7 Å². The summed E-state index contributed by atoms with van der Waals surface area (Å²) in [6, 6.07) is 0. The topological polar surface area (TPSA) is 167 Å². The van der Waals surface area contributed by atoms with Crippen molar-refractivity contribution in [3.05, 3.63) is 0 Å². The largest absolute Gasteiger partial charge is 0.466 e. The molecule has 8 aliphatic heterocycles. The van der Waals surface area contributed by atoms with Gasteiger partial charge in [0.2, 0.25) is 0 Å². The van der Waals surface area contributed by atoms with Crippen molar-refractivity contribution in [2.45, 2.75) is 235 Å². The molecule has 6 aliphatic carbocycles. The van der Waals surface area contributed by atoms with Crippen LogP contribution in [0.5, 0.6) is 0 Å². The summed E-state index contributed by atoms with van der Waals surface area (Å²) < 4.78 is 35.2. The molecule has 0 aromatic carbocycles. The third-order valence-electron chi connectivity index (χ3n) is 13.7. The van der Waals surface area contributed by atoms with E-state index in [-0.39, 0.29) is 66.0 Å². The molecule has 0 aromatic heterocycles. The van der Waals surface area contributed by atoms with Gasteiger partial charge in [-0.15, -0.1) is 0 Å². The van der Waals surface area contributed by atoms with E-state index in [9.17, 15) is 28.8 Å². The lowest BCUT2D eigenvalue weighted by Crippen LogP contribution is -2.36. The maximum atomic E-state index is 11.2. The molecule has 10 bridgehead atoms. The maximum absolute atomic E-state index is 11.2. The van der Waals surface area contributed by atoms with E-state index in [1.54, 1.807) is 0 Å². The molecule has 14 fully saturated rings. The fraction of sp³-hybridized carbons (Fsp3) is 0.885. The summed E-state index contributed by atoms with van der Waals surface area (Å²) in [6.07, 6.45) is 20.3. The highest BCUT2D eigenvalue weighted by atomic mass is 16.6. The normalized spacial score (nSPS) is 36.6. The van der Waals surface area contributed by atoms with Crippen LogP contribution in [-0.2, 0) is 61.9 Å². The van der Waals surface area contributed by atoms with E-state index >= 15 is 0 Å². The average Bonchev–Trinajstić information content (AvgIpc) is 4.27. The molecule has 8 saturated heterocycles. The monoisotopic (exact) mass is 923 g/mol. The van der Waals surface area contributed by atoms with E-state index in [4.69, 9.17) is 23.7 Å². The summed E-state index contributed by atoms with van der Waals surface area (Å²) in [5.41, 5.74) is 0. The molecule has 14 unspecified atom stereocenters. The Morgan fingerprint density at radius 1 is 0.385 bits per heavy atom. The van der Waals surface area contributed by atoms with Crippen LogP contribution in [-0.4, -0.2) is 85.7 Å². The second-order valence-corrected chi connectivity index (χ2v) is 17.2. The van der Waals surface area contributed by atoms with E-state index in [0.29, 0.717) is 68.0 Å². The van der Waals surface area contributed by atoms with Crippen molar-refractivity contribution >= 4 is 35.8 Å². The second kappa shape index (κ2) is 30.9. The Kier molecular flexibility index (Phi) is 27.6. The Morgan fingerprint density at radius 3 is 1.32 bits per heavy atom. The number of carbonyl (C=O) groups excluding carboxylic acids is 6. The molecular formula is C52H90O13. The number of cyclic esters (lactones) is 2. The van der Waals surface area contributed by atoms with Crippen LogP contribution in [0.3, 0.4) is 0 Å². The van der Waals surface area contributed by atoms with E-state index in [0.717, 1.165) is 88.9 Å². The molecule has 0 aromatic rings. The zero-order chi connectivity index (χ0) is 48.6. The van der Waals surface area contributed by atoms with Gasteiger partial charge < -0.3 is 33.2 Å². The lowest BCUT2D eigenvalue weighted by Gasteiger charge is -2.38. The standard InChI is InChI=1S/C9H12O2.C8H10O2.C7H8O3.C7H10O2.C5H8O2.C4H6O2.6C2H6/c10-9-7-3-5-1-2-6(7)8(4-5)11-9;9-8-6-2-4-1-5(6)7(3-4)10-8;8-7-4-1-3-2-5(10-7)6(4)9-3;8-7-5-2-1-3-6(4-5)9-7;6-5-3-1-2-4-7-5;5-4-2-1-3-6-4;6*1-2/h5-8H,1-4H2;4-7H,1-3H2;3-6H,1-2H2;5-6H,1-4H2;1-4H2;1-3H2;6*1-2H3. The van der Waals surface area contributed by atoms with Gasteiger partial charge in [-0.05, 0) is 108 Å². The lowest BCUT2D eigenvalue weighted by atomic mass is 9.65. The number of ether oxygens (including phenoxy) is 7. The Labute approximate surface area is 392 Å². The van der Waals surface area contributed by atoms with Gasteiger partial charge in [0.15, 0.2) is 0 Å². The molecule has 13 heteroatoms. The summed E-state index contributed by atoms with van der Waals surface area (Å²) in [4.78, 5) is 64.4. The summed E-state index contributed by atoms with van der Waals surface area (Å²) in [5, 5.41) is 0.